The highest BCUT2D eigenvalue weighted by Gasteiger charge is 1.97. The lowest BCUT2D eigenvalue weighted by atomic mass is 10.1. The summed E-state index contributed by atoms with van der Waals surface area (Å²) in [5, 5.41) is 5.88. The molecule has 0 unspecified atom stereocenters. The molecule has 0 saturated carbocycles. The van der Waals surface area contributed by atoms with Crippen molar-refractivity contribution >= 4 is 16.5 Å². The first kappa shape index (κ1) is 11.5. The summed E-state index contributed by atoms with van der Waals surface area (Å²) in [4.78, 5) is 0. The second-order valence-electron chi connectivity index (χ2n) is 4.36. The average molecular weight is 223 g/mol. The molecule has 0 aromatic heterocycles. The molecule has 0 heterocycles. The molecular formula is C16H17N. The van der Waals surface area contributed by atoms with Crippen LogP contribution in [-0.4, -0.2) is 6.54 Å². The van der Waals surface area contributed by atoms with Crippen molar-refractivity contribution in [3.8, 4) is 11.8 Å². The Morgan fingerprint density at radius 1 is 1.06 bits per heavy atom. The maximum absolute atomic E-state index is 3.37. The second-order valence-corrected chi connectivity index (χ2v) is 4.36. The summed E-state index contributed by atoms with van der Waals surface area (Å²) < 4.78 is 0. The van der Waals surface area contributed by atoms with Crippen LogP contribution >= 0.6 is 0 Å². The first-order valence-corrected chi connectivity index (χ1v) is 5.97. The van der Waals surface area contributed by atoms with Gasteiger partial charge < -0.3 is 5.32 Å². The SMILES string of the molecule is CC(C)C#CCNc1cccc2ccccc12. The van der Waals surface area contributed by atoms with E-state index in [-0.39, 0.29) is 0 Å². The number of hydrogen-bond donors (Lipinski definition) is 1. The van der Waals surface area contributed by atoms with Gasteiger partial charge in [-0.2, -0.15) is 0 Å². The number of rotatable bonds is 2. The molecule has 0 atom stereocenters. The molecule has 17 heavy (non-hydrogen) atoms. The molecule has 2 aromatic rings. The van der Waals surface area contributed by atoms with Gasteiger partial charge in [-0.1, -0.05) is 62.1 Å². The molecule has 0 saturated heterocycles. The predicted octanol–water partition coefficient (Wildman–Crippen LogP) is 3.91. The van der Waals surface area contributed by atoms with Gasteiger partial charge in [-0.15, -0.1) is 0 Å². The van der Waals surface area contributed by atoms with Crippen LogP contribution in [0.3, 0.4) is 0 Å². The fraction of sp³-hybridized carbons (Fsp3) is 0.250. The monoisotopic (exact) mass is 223 g/mol. The van der Waals surface area contributed by atoms with E-state index in [0.717, 1.165) is 5.69 Å². The third-order valence-electron chi connectivity index (χ3n) is 2.55. The molecule has 2 aromatic carbocycles. The summed E-state index contributed by atoms with van der Waals surface area (Å²) in [7, 11) is 0. The van der Waals surface area contributed by atoms with Crippen molar-refractivity contribution in [1.82, 2.24) is 0 Å². The Morgan fingerprint density at radius 2 is 1.82 bits per heavy atom. The lowest BCUT2D eigenvalue weighted by Crippen LogP contribution is -1.99. The Labute approximate surface area is 103 Å². The highest BCUT2D eigenvalue weighted by atomic mass is 14.9. The largest absolute Gasteiger partial charge is 0.374 e. The zero-order valence-electron chi connectivity index (χ0n) is 10.3. The van der Waals surface area contributed by atoms with Crippen molar-refractivity contribution in [2.75, 3.05) is 11.9 Å². The third kappa shape index (κ3) is 3.01. The maximum atomic E-state index is 3.37. The molecule has 0 amide bonds. The zero-order chi connectivity index (χ0) is 12.1. The first-order valence-electron chi connectivity index (χ1n) is 5.97. The van der Waals surface area contributed by atoms with Gasteiger partial charge in [0, 0.05) is 17.0 Å². The fourth-order valence-electron chi connectivity index (χ4n) is 1.77. The molecule has 0 aliphatic heterocycles. The minimum Gasteiger partial charge on any atom is -0.374 e. The highest BCUT2D eigenvalue weighted by molar-refractivity contribution is 5.93. The van der Waals surface area contributed by atoms with E-state index < -0.39 is 0 Å². The Morgan fingerprint density at radius 3 is 2.65 bits per heavy atom. The Hall–Kier alpha value is -1.94. The van der Waals surface area contributed by atoms with E-state index in [1.165, 1.54) is 10.8 Å². The number of nitrogens with one attached hydrogen (secondary N) is 1. The van der Waals surface area contributed by atoms with Crippen molar-refractivity contribution in [3.63, 3.8) is 0 Å². The molecule has 1 N–H and O–H groups in total. The van der Waals surface area contributed by atoms with Gasteiger partial charge in [-0.25, -0.2) is 0 Å². The molecule has 1 heteroatoms. The normalized spacial score (nSPS) is 10.1. The van der Waals surface area contributed by atoms with E-state index in [0.29, 0.717) is 12.5 Å². The number of anilines is 1. The number of benzene rings is 2. The van der Waals surface area contributed by atoms with Gasteiger partial charge in [-0.05, 0) is 11.5 Å². The van der Waals surface area contributed by atoms with E-state index >= 15 is 0 Å². The van der Waals surface area contributed by atoms with Gasteiger partial charge in [-0.3, -0.25) is 0 Å². The average Bonchev–Trinajstić information content (AvgIpc) is 2.34. The summed E-state index contributed by atoms with van der Waals surface area (Å²) in [6.45, 7) is 4.90. The summed E-state index contributed by atoms with van der Waals surface area (Å²) in [5.74, 6) is 6.72. The summed E-state index contributed by atoms with van der Waals surface area (Å²) in [5.41, 5.74) is 1.15. The third-order valence-corrected chi connectivity index (χ3v) is 2.55. The van der Waals surface area contributed by atoms with E-state index in [4.69, 9.17) is 0 Å². The molecule has 1 nitrogen and oxygen atoms in total. The Balaban J connectivity index is 2.17. The molecule has 0 radical (unpaired) electrons. The van der Waals surface area contributed by atoms with Gasteiger partial charge in [0.15, 0.2) is 0 Å². The smallest absolute Gasteiger partial charge is 0.0766 e. The van der Waals surface area contributed by atoms with E-state index in [1.807, 2.05) is 0 Å². The summed E-state index contributed by atoms with van der Waals surface area (Å²) in [6.07, 6.45) is 0. The van der Waals surface area contributed by atoms with Crippen molar-refractivity contribution in [3.05, 3.63) is 42.5 Å². The molecular weight excluding hydrogens is 206 g/mol. The van der Waals surface area contributed by atoms with E-state index in [9.17, 15) is 0 Å². The lowest BCUT2D eigenvalue weighted by Gasteiger charge is -2.06. The lowest BCUT2D eigenvalue weighted by molar-refractivity contribution is 0.865. The summed E-state index contributed by atoms with van der Waals surface area (Å²) >= 11 is 0. The quantitative estimate of drug-likeness (QED) is 0.761. The predicted molar refractivity (Wildman–Crippen MR) is 75.1 cm³/mol. The van der Waals surface area contributed by atoms with Gasteiger partial charge >= 0.3 is 0 Å². The molecule has 0 spiro atoms. The first-order chi connectivity index (χ1) is 8.27. The van der Waals surface area contributed by atoms with Crippen LogP contribution < -0.4 is 5.32 Å². The van der Waals surface area contributed by atoms with Crippen LogP contribution in [0, 0.1) is 17.8 Å². The molecule has 0 bridgehead atoms. The molecule has 0 fully saturated rings. The van der Waals surface area contributed by atoms with Gasteiger partial charge in [0.2, 0.25) is 0 Å². The topological polar surface area (TPSA) is 12.0 Å². The minimum atomic E-state index is 0.435. The van der Waals surface area contributed by atoms with Crippen LogP contribution in [-0.2, 0) is 0 Å². The minimum absolute atomic E-state index is 0.435. The fourth-order valence-corrected chi connectivity index (χ4v) is 1.77. The summed E-state index contributed by atoms with van der Waals surface area (Å²) in [6, 6.07) is 14.7. The Kier molecular flexibility index (Phi) is 3.67. The van der Waals surface area contributed by atoms with E-state index in [2.05, 4.69) is 73.5 Å². The van der Waals surface area contributed by atoms with Gasteiger partial charge in [0.25, 0.3) is 0 Å². The van der Waals surface area contributed by atoms with Crippen molar-refractivity contribution in [1.29, 1.82) is 0 Å². The molecule has 2 rings (SSSR count). The number of hydrogen-bond acceptors (Lipinski definition) is 1. The maximum Gasteiger partial charge on any atom is 0.0766 e. The van der Waals surface area contributed by atoms with Crippen LogP contribution in [0.2, 0.25) is 0 Å². The van der Waals surface area contributed by atoms with Gasteiger partial charge in [0.1, 0.15) is 0 Å². The number of fused-ring (bicyclic) bond motifs is 1. The van der Waals surface area contributed by atoms with Gasteiger partial charge in [0.05, 0.1) is 6.54 Å². The van der Waals surface area contributed by atoms with Crippen LogP contribution in [0.15, 0.2) is 42.5 Å². The van der Waals surface area contributed by atoms with Crippen LogP contribution in [0.4, 0.5) is 5.69 Å². The van der Waals surface area contributed by atoms with Crippen LogP contribution in [0.5, 0.6) is 0 Å². The molecule has 86 valence electrons. The second kappa shape index (κ2) is 5.41. The van der Waals surface area contributed by atoms with Crippen LogP contribution in [0.1, 0.15) is 13.8 Å². The highest BCUT2D eigenvalue weighted by Crippen LogP contribution is 2.22. The van der Waals surface area contributed by atoms with Crippen molar-refractivity contribution in [2.45, 2.75) is 13.8 Å². The van der Waals surface area contributed by atoms with E-state index in [1.54, 1.807) is 0 Å². The van der Waals surface area contributed by atoms with Crippen LogP contribution in [0.25, 0.3) is 10.8 Å². The Bertz CT molecular complexity index is 553. The zero-order valence-corrected chi connectivity index (χ0v) is 10.3. The van der Waals surface area contributed by atoms with Crippen molar-refractivity contribution in [2.24, 2.45) is 5.92 Å². The molecule has 0 aliphatic carbocycles. The van der Waals surface area contributed by atoms with Crippen molar-refractivity contribution < 1.29 is 0 Å². The standard InChI is InChI=1S/C16H17N/c1-13(2)7-6-12-17-16-11-5-9-14-8-3-4-10-15(14)16/h3-5,8-11,13,17H,12H2,1-2H3. The molecule has 0 aliphatic rings.